The number of nitrogens with one attached hydrogen (secondary N) is 1. The van der Waals surface area contributed by atoms with E-state index < -0.39 is 6.09 Å². The first kappa shape index (κ1) is 19.4. The number of hydrogen-bond donors (Lipinski definition) is 1. The molecule has 0 aliphatic carbocycles. The molecule has 27 heavy (non-hydrogen) atoms. The van der Waals surface area contributed by atoms with Gasteiger partial charge in [-0.1, -0.05) is 68.8 Å². The third kappa shape index (κ3) is 4.70. The molecule has 2 aromatic carbocycles. The van der Waals surface area contributed by atoms with Crippen molar-refractivity contribution >= 4 is 64.7 Å². The van der Waals surface area contributed by atoms with Gasteiger partial charge in [-0.3, -0.25) is 4.84 Å². The zero-order valence-electron chi connectivity index (χ0n) is 13.1. The highest BCUT2D eigenvalue weighted by molar-refractivity contribution is 6.39. The van der Waals surface area contributed by atoms with Gasteiger partial charge in [-0.2, -0.15) is 4.98 Å². The molecule has 1 amide bonds. The van der Waals surface area contributed by atoms with E-state index in [-0.39, 0.29) is 11.8 Å². The monoisotopic (exact) mass is 444 g/mol. The van der Waals surface area contributed by atoms with Crippen LogP contribution in [0.4, 0.5) is 10.8 Å². The van der Waals surface area contributed by atoms with Crippen molar-refractivity contribution in [2.45, 2.75) is 0 Å². The molecule has 3 aromatic rings. The first-order chi connectivity index (χ1) is 13.0. The van der Waals surface area contributed by atoms with Gasteiger partial charge in [0.2, 0.25) is 5.82 Å². The van der Waals surface area contributed by atoms with Crippen LogP contribution in [0.3, 0.4) is 0 Å². The Morgan fingerprint density at radius 1 is 1.04 bits per heavy atom. The van der Waals surface area contributed by atoms with Crippen molar-refractivity contribution in [1.29, 1.82) is 0 Å². The molecule has 11 heteroatoms. The summed E-state index contributed by atoms with van der Waals surface area (Å²) in [4.78, 5) is 20.4. The number of hydrogen-bond acceptors (Lipinski definition) is 6. The van der Waals surface area contributed by atoms with Gasteiger partial charge in [0.1, 0.15) is 0 Å². The molecular weight excluding hydrogens is 438 g/mol. The molecule has 1 aromatic heterocycles. The maximum atomic E-state index is 11.8. The van der Waals surface area contributed by atoms with E-state index in [1.165, 1.54) is 6.21 Å². The maximum absolute atomic E-state index is 11.8. The highest BCUT2D eigenvalue weighted by atomic mass is 35.5. The molecule has 0 radical (unpaired) electrons. The van der Waals surface area contributed by atoms with Crippen LogP contribution in [-0.4, -0.2) is 22.4 Å². The number of carbonyl (C=O) groups excluding carboxylic acids is 1. The van der Waals surface area contributed by atoms with Crippen molar-refractivity contribution in [3.05, 3.63) is 62.1 Å². The largest absolute Gasteiger partial charge is 0.441 e. The Morgan fingerprint density at radius 2 is 1.63 bits per heavy atom. The van der Waals surface area contributed by atoms with Crippen molar-refractivity contribution < 1.29 is 14.2 Å². The Morgan fingerprint density at radius 3 is 2.26 bits per heavy atom. The van der Waals surface area contributed by atoms with E-state index in [4.69, 9.17) is 50.9 Å². The van der Waals surface area contributed by atoms with Gasteiger partial charge in [0, 0.05) is 5.56 Å². The molecule has 138 valence electrons. The van der Waals surface area contributed by atoms with E-state index in [1.54, 1.807) is 36.4 Å². The summed E-state index contributed by atoms with van der Waals surface area (Å²) >= 11 is 24.1. The van der Waals surface area contributed by atoms with Crippen LogP contribution in [0.1, 0.15) is 5.56 Å². The second-order valence-electron chi connectivity index (χ2n) is 4.89. The Labute approximate surface area is 172 Å². The molecule has 1 heterocycles. The van der Waals surface area contributed by atoms with E-state index in [9.17, 15) is 4.79 Å². The molecule has 0 spiro atoms. The minimum Gasteiger partial charge on any atom is -0.315 e. The van der Waals surface area contributed by atoms with Gasteiger partial charge in [0.15, 0.2) is 0 Å². The van der Waals surface area contributed by atoms with Gasteiger partial charge in [0.05, 0.1) is 31.9 Å². The van der Waals surface area contributed by atoms with Gasteiger partial charge < -0.3 is 4.52 Å². The minimum absolute atomic E-state index is 0.104. The summed E-state index contributed by atoms with van der Waals surface area (Å²) in [6.07, 6.45) is 0.238. The van der Waals surface area contributed by atoms with Crippen molar-refractivity contribution in [2.75, 3.05) is 5.32 Å². The highest BCUT2D eigenvalue weighted by Crippen LogP contribution is 2.33. The normalized spacial score (nSPS) is 11.0. The SMILES string of the molecule is O=C(Nc1nc(-c2c(Cl)cccc2Cl)no1)O/N=C\c1c(Cl)cccc1Cl. The van der Waals surface area contributed by atoms with Gasteiger partial charge in [0.25, 0.3) is 0 Å². The first-order valence-corrected chi connectivity index (χ1v) is 8.70. The Hall–Kier alpha value is -2.32. The molecule has 0 aliphatic heterocycles. The zero-order valence-corrected chi connectivity index (χ0v) is 16.1. The fourth-order valence-electron chi connectivity index (χ4n) is 1.96. The molecule has 0 atom stereocenters. The first-order valence-electron chi connectivity index (χ1n) is 7.19. The standard InChI is InChI=1S/C16H8Cl4N4O3/c17-9-3-1-4-10(18)8(9)7-21-27-16(25)23-15-22-14(24-26-15)13-11(19)5-2-6-12(13)20/h1-7H,(H,22,23,24,25)/b21-7-. The zero-order chi connectivity index (χ0) is 19.4. The second kappa shape index (κ2) is 8.58. The van der Waals surface area contributed by atoms with Crippen LogP contribution in [-0.2, 0) is 4.84 Å². The fourth-order valence-corrected chi connectivity index (χ4v) is 3.02. The van der Waals surface area contributed by atoms with Crippen LogP contribution in [0.5, 0.6) is 0 Å². The number of anilines is 1. The van der Waals surface area contributed by atoms with E-state index >= 15 is 0 Å². The lowest BCUT2D eigenvalue weighted by Crippen LogP contribution is -2.11. The van der Waals surface area contributed by atoms with Crippen LogP contribution < -0.4 is 5.32 Å². The predicted molar refractivity (Wildman–Crippen MR) is 104 cm³/mol. The molecule has 0 saturated carbocycles. The molecule has 0 aliphatic rings. The number of oxime groups is 1. The van der Waals surface area contributed by atoms with Crippen LogP contribution in [0, 0.1) is 0 Å². The summed E-state index contributed by atoms with van der Waals surface area (Å²) in [6.45, 7) is 0. The molecule has 0 saturated heterocycles. The third-order valence-electron chi connectivity index (χ3n) is 3.14. The molecule has 0 fully saturated rings. The lowest BCUT2D eigenvalue weighted by Gasteiger charge is -2.01. The van der Waals surface area contributed by atoms with Gasteiger partial charge in [-0.15, -0.1) is 0 Å². The number of halogens is 4. The minimum atomic E-state index is -0.963. The maximum Gasteiger partial charge on any atom is 0.441 e. The molecule has 0 bridgehead atoms. The van der Waals surface area contributed by atoms with Gasteiger partial charge in [-0.05, 0) is 24.3 Å². The lowest BCUT2D eigenvalue weighted by molar-refractivity contribution is 0.166. The summed E-state index contributed by atoms with van der Waals surface area (Å²) in [5, 5.41) is 10.8. The number of amides is 1. The quantitative estimate of drug-likeness (QED) is 0.305. The van der Waals surface area contributed by atoms with E-state index in [1.807, 2.05) is 0 Å². The number of benzene rings is 2. The summed E-state index contributed by atoms with van der Waals surface area (Å²) in [5.41, 5.74) is 0.777. The summed E-state index contributed by atoms with van der Waals surface area (Å²) < 4.78 is 4.92. The third-order valence-corrected chi connectivity index (χ3v) is 4.43. The molecule has 7 nitrogen and oxygen atoms in total. The average Bonchev–Trinajstić information content (AvgIpc) is 3.05. The van der Waals surface area contributed by atoms with Gasteiger partial charge >= 0.3 is 12.1 Å². The Kier molecular flexibility index (Phi) is 6.18. The lowest BCUT2D eigenvalue weighted by atomic mass is 10.2. The highest BCUT2D eigenvalue weighted by Gasteiger charge is 2.17. The Bertz CT molecular complexity index is 982. The second-order valence-corrected chi connectivity index (χ2v) is 6.52. The van der Waals surface area contributed by atoms with Crippen LogP contribution in [0.2, 0.25) is 20.1 Å². The molecule has 0 unspecified atom stereocenters. The van der Waals surface area contributed by atoms with Crippen molar-refractivity contribution in [2.24, 2.45) is 5.16 Å². The van der Waals surface area contributed by atoms with Gasteiger partial charge in [-0.25, -0.2) is 10.1 Å². The molecule has 1 N–H and O–H groups in total. The van der Waals surface area contributed by atoms with Crippen molar-refractivity contribution in [3.63, 3.8) is 0 Å². The fraction of sp³-hybridized carbons (Fsp3) is 0. The van der Waals surface area contributed by atoms with Crippen molar-refractivity contribution in [3.8, 4) is 11.4 Å². The predicted octanol–water partition coefficient (Wildman–Crippen LogP) is 5.93. The molecular formula is C16H8Cl4N4O3. The number of rotatable bonds is 4. The summed E-state index contributed by atoms with van der Waals surface area (Å²) in [6, 6.07) is 9.60. The van der Waals surface area contributed by atoms with E-state index in [0.29, 0.717) is 31.2 Å². The van der Waals surface area contributed by atoms with Crippen LogP contribution in [0.15, 0.2) is 46.1 Å². The summed E-state index contributed by atoms with van der Waals surface area (Å²) in [7, 11) is 0. The average molecular weight is 446 g/mol. The number of aromatic nitrogens is 2. The Balaban J connectivity index is 1.66. The van der Waals surface area contributed by atoms with Crippen molar-refractivity contribution in [1.82, 2.24) is 10.1 Å². The van der Waals surface area contributed by atoms with E-state index in [0.717, 1.165) is 0 Å². The van der Waals surface area contributed by atoms with Crippen LogP contribution >= 0.6 is 46.4 Å². The smallest absolute Gasteiger partial charge is 0.315 e. The van der Waals surface area contributed by atoms with E-state index in [2.05, 4.69) is 25.5 Å². The number of carbonyl (C=O) groups is 1. The molecule has 3 rings (SSSR count). The van der Waals surface area contributed by atoms with Crippen LogP contribution in [0.25, 0.3) is 11.4 Å². The summed E-state index contributed by atoms with van der Waals surface area (Å²) in [5.74, 6) is 0.104. The topological polar surface area (TPSA) is 89.6 Å². The number of nitrogens with zero attached hydrogens (tertiary/aromatic N) is 3.